The Morgan fingerprint density at radius 3 is 2.47 bits per heavy atom. The van der Waals surface area contributed by atoms with Crippen molar-refractivity contribution in [3.63, 3.8) is 0 Å². The van der Waals surface area contributed by atoms with Crippen molar-refractivity contribution in [2.75, 3.05) is 20.8 Å². The summed E-state index contributed by atoms with van der Waals surface area (Å²) in [6.45, 7) is 3.36. The Morgan fingerprint density at radius 1 is 1.27 bits per heavy atom. The Balaban J connectivity index is 2.40. The van der Waals surface area contributed by atoms with Crippen LogP contribution < -0.4 is 5.32 Å². The van der Waals surface area contributed by atoms with Crippen molar-refractivity contribution in [2.24, 2.45) is 5.41 Å². The Hall–Kier alpha value is -0.0800. The van der Waals surface area contributed by atoms with E-state index in [9.17, 15) is 0 Å². The Kier molecular flexibility index (Phi) is 5.62. The topological polar surface area (TPSA) is 21.3 Å². The van der Waals surface area contributed by atoms with Gasteiger partial charge in [-0.1, -0.05) is 26.2 Å². The fourth-order valence-corrected chi connectivity index (χ4v) is 2.98. The number of hydrogen-bond donors (Lipinski definition) is 1. The third-order valence-electron chi connectivity index (χ3n) is 4.03. The van der Waals surface area contributed by atoms with Crippen LogP contribution in [0.3, 0.4) is 0 Å². The molecule has 1 unspecified atom stereocenters. The third-order valence-corrected chi connectivity index (χ3v) is 4.03. The maximum Gasteiger partial charge on any atom is 0.0462 e. The number of ether oxygens (including phenoxy) is 1. The van der Waals surface area contributed by atoms with E-state index in [4.69, 9.17) is 4.74 Å². The molecule has 0 aliphatic heterocycles. The van der Waals surface area contributed by atoms with E-state index in [2.05, 4.69) is 19.3 Å². The van der Waals surface area contributed by atoms with Crippen molar-refractivity contribution in [3.8, 4) is 0 Å². The first-order chi connectivity index (χ1) is 7.23. The highest BCUT2D eigenvalue weighted by molar-refractivity contribution is 4.89. The first-order valence-electron chi connectivity index (χ1n) is 6.39. The normalized spacial score (nSPS) is 22.6. The van der Waals surface area contributed by atoms with Crippen LogP contribution in [-0.4, -0.2) is 26.8 Å². The second-order valence-electron chi connectivity index (χ2n) is 5.19. The predicted octanol–water partition coefficient (Wildman–Crippen LogP) is 2.97. The number of nitrogens with one attached hydrogen (secondary N) is 1. The van der Waals surface area contributed by atoms with Crippen LogP contribution >= 0.6 is 0 Å². The van der Waals surface area contributed by atoms with E-state index in [0.29, 0.717) is 11.5 Å². The zero-order valence-electron chi connectivity index (χ0n) is 10.6. The quantitative estimate of drug-likeness (QED) is 0.685. The molecule has 0 bridgehead atoms. The minimum Gasteiger partial charge on any atom is -0.385 e. The van der Waals surface area contributed by atoms with E-state index < -0.39 is 0 Å². The lowest BCUT2D eigenvalue weighted by Gasteiger charge is -2.41. The molecule has 0 aromatic rings. The van der Waals surface area contributed by atoms with Gasteiger partial charge in [0.25, 0.3) is 0 Å². The monoisotopic (exact) mass is 213 g/mol. The molecular formula is C13H27NO. The van der Waals surface area contributed by atoms with Crippen LogP contribution in [0.4, 0.5) is 0 Å². The summed E-state index contributed by atoms with van der Waals surface area (Å²) >= 11 is 0. The van der Waals surface area contributed by atoms with Crippen molar-refractivity contribution in [3.05, 3.63) is 0 Å². The minimum atomic E-state index is 0.529. The highest BCUT2D eigenvalue weighted by Gasteiger charge is 2.33. The molecule has 0 saturated heterocycles. The zero-order valence-corrected chi connectivity index (χ0v) is 10.6. The summed E-state index contributed by atoms with van der Waals surface area (Å²) in [5.74, 6) is 0. The maximum atomic E-state index is 5.13. The molecule has 0 amide bonds. The summed E-state index contributed by atoms with van der Waals surface area (Å²) in [4.78, 5) is 0. The van der Waals surface area contributed by atoms with Crippen LogP contribution in [0.5, 0.6) is 0 Å². The summed E-state index contributed by atoms with van der Waals surface area (Å²) in [6, 6.07) is 0.674. The van der Waals surface area contributed by atoms with Gasteiger partial charge < -0.3 is 10.1 Å². The Labute approximate surface area is 94.8 Å². The molecule has 2 heteroatoms. The van der Waals surface area contributed by atoms with Crippen LogP contribution in [0.15, 0.2) is 0 Å². The summed E-state index contributed by atoms with van der Waals surface area (Å²) < 4.78 is 5.13. The molecule has 1 saturated carbocycles. The van der Waals surface area contributed by atoms with Gasteiger partial charge in [0.2, 0.25) is 0 Å². The number of rotatable bonds is 6. The van der Waals surface area contributed by atoms with Crippen LogP contribution in [0.25, 0.3) is 0 Å². The van der Waals surface area contributed by atoms with Crippen molar-refractivity contribution in [1.29, 1.82) is 0 Å². The molecule has 1 aliphatic carbocycles. The Morgan fingerprint density at radius 2 is 1.93 bits per heavy atom. The summed E-state index contributed by atoms with van der Waals surface area (Å²) in [7, 11) is 3.90. The van der Waals surface area contributed by atoms with Gasteiger partial charge in [-0.25, -0.2) is 0 Å². The molecule has 90 valence electrons. The fraction of sp³-hybridized carbons (Fsp3) is 1.00. The molecular weight excluding hydrogens is 186 g/mol. The molecule has 0 spiro atoms. The summed E-state index contributed by atoms with van der Waals surface area (Å²) in [5.41, 5.74) is 0.529. The zero-order chi connectivity index (χ0) is 11.1. The molecule has 1 aliphatic rings. The standard InChI is InChI=1S/C13H27NO/c1-13(9-5-4-6-10-13)12(14-2)8-7-11-15-3/h12,14H,4-11H2,1-3H3. The van der Waals surface area contributed by atoms with Crippen LogP contribution in [0.1, 0.15) is 51.9 Å². The molecule has 1 rings (SSSR count). The molecule has 15 heavy (non-hydrogen) atoms. The average Bonchev–Trinajstić information content (AvgIpc) is 2.25. The molecule has 1 N–H and O–H groups in total. The van der Waals surface area contributed by atoms with Gasteiger partial charge in [-0.05, 0) is 38.1 Å². The first kappa shape index (κ1) is 13.0. The van der Waals surface area contributed by atoms with Gasteiger partial charge >= 0.3 is 0 Å². The summed E-state index contributed by atoms with van der Waals surface area (Å²) in [5, 5.41) is 3.52. The van der Waals surface area contributed by atoms with Crippen molar-refractivity contribution >= 4 is 0 Å². The largest absolute Gasteiger partial charge is 0.385 e. The van der Waals surface area contributed by atoms with Crippen LogP contribution in [-0.2, 0) is 4.74 Å². The van der Waals surface area contributed by atoms with E-state index >= 15 is 0 Å². The van der Waals surface area contributed by atoms with Crippen molar-refractivity contribution in [2.45, 2.75) is 57.9 Å². The van der Waals surface area contributed by atoms with E-state index in [1.807, 2.05) is 0 Å². The van der Waals surface area contributed by atoms with Gasteiger partial charge in [-0.15, -0.1) is 0 Å². The number of methoxy groups -OCH3 is 1. The van der Waals surface area contributed by atoms with Gasteiger partial charge in [0, 0.05) is 19.8 Å². The number of hydrogen-bond acceptors (Lipinski definition) is 2. The lowest BCUT2D eigenvalue weighted by molar-refractivity contribution is 0.127. The molecule has 0 radical (unpaired) electrons. The average molecular weight is 213 g/mol. The van der Waals surface area contributed by atoms with Gasteiger partial charge in [-0.3, -0.25) is 0 Å². The van der Waals surface area contributed by atoms with Crippen LogP contribution in [0, 0.1) is 5.41 Å². The minimum absolute atomic E-state index is 0.529. The molecule has 0 aromatic carbocycles. The van der Waals surface area contributed by atoms with Crippen LogP contribution in [0.2, 0.25) is 0 Å². The van der Waals surface area contributed by atoms with E-state index in [1.165, 1.54) is 44.9 Å². The molecule has 0 heterocycles. The van der Waals surface area contributed by atoms with Crippen molar-refractivity contribution in [1.82, 2.24) is 5.32 Å². The van der Waals surface area contributed by atoms with Gasteiger partial charge in [0.1, 0.15) is 0 Å². The van der Waals surface area contributed by atoms with E-state index in [1.54, 1.807) is 7.11 Å². The highest BCUT2D eigenvalue weighted by Crippen LogP contribution is 2.40. The van der Waals surface area contributed by atoms with Gasteiger partial charge in [0.05, 0.1) is 0 Å². The fourth-order valence-electron chi connectivity index (χ4n) is 2.98. The molecule has 2 nitrogen and oxygen atoms in total. The predicted molar refractivity (Wildman–Crippen MR) is 65.1 cm³/mol. The lowest BCUT2D eigenvalue weighted by Crippen LogP contribution is -2.43. The molecule has 1 fully saturated rings. The summed E-state index contributed by atoms with van der Waals surface area (Å²) in [6.07, 6.45) is 9.48. The maximum absolute atomic E-state index is 5.13. The molecule has 0 aromatic heterocycles. The van der Waals surface area contributed by atoms with Crippen molar-refractivity contribution < 1.29 is 4.74 Å². The lowest BCUT2D eigenvalue weighted by atomic mass is 9.69. The molecule has 1 atom stereocenters. The van der Waals surface area contributed by atoms with Gasteiger partial charge in [0.15, 0.2) is 0 Å². The first-order valence-corrected chi connectivity index (χ1v) is 6.39. The second kappa shape index (κ2) is 6.49. The van der Waals surface area contributed by atoms with E-state index in [-0.39, 0.29) is 0 Å². The van der Waals surface area contributed by atoms with Gasteiger partial charge in [-0.2, -0.15) is 0 Å². The smallest absolute Gasteiger partial charge is 0.0462 e. The Bertz CT molecular complexity index is 164. The highest BCUT2D eigenvalue weighted by atomic mass is 16.5. The third kappa shape index (κ3) is 3.76. The second-order valence-corrected chi connectivity index (χ2v) is 5.19. The van der Waals surface area contributed by atoms with E-state index in [0.717, 1.165) is 6.61 Å². The SMILES string of the molecule is CNC(CCCOC)C1(C)CCCCC1.